The van der Waals surface area contributed by atoms with Gasteiger partial charge in [-0.25, -0.2) is 4.98 Å². The Hall–Kier alpha value is -3.37. The number of likely N-dealkylation sites (N-methyl/N-ethyl adjacent to an activating group) is 1. The monoisotopic (exact) mass is 413 g/mol. The van der Waals surface area contributed by atoms with E-state index in [1.165, 1.54) is 28.4 Å². The third-order valence-electron chi connectivity index (χ3n) is 4.74. The number of aromatic nitrogens is 2. The van der Waals surface area contributed by atoms with E-state index >= 15 is 0 Å². The molecule has 0 saturated carbocycles. The van der Waals surface area contributed by atoms with Crippen molar-refractivity contribution in [2.75, 3.05) is 39.2 Å². The molecule has 3 rings (SSSR count). The fraction of sp³-hybridized carbons (Fsp3) is 0.350. The quantitative estimate of drug-likeness (QED) is 0.687. The topological polar surface area (TPSA) is 125 Å². The average molecular weight is 413 g/mol. The van der Waals surface area contributed by atoms with Gasteiger partial charge in [0.1, 0.15) is 24.9 Å². The summed E-state index contributed by atoms with van der Waals surface area (Å²) in [5.74, 6) is -0.991. The number of nitrogens with one attached hydrogen (secondary N) is 1. The number of carbonyl (C=O) groups is 3. The molecule has 10 nitrogen and oxygen atoms in total. The number of aliphatic hydroxyl groups excluding tert-OH is 1. The molecule has 0 unspecified atom stereocenters. The van der Waals surface area contributed by atoms with Crippen molar-refractivity contribution < 1.29 is 24.2 Å². The molecule has 10 heteroatoms. The highest BCUT2D eigenvalue weighted by Crippen LogP contribution is 2.30. The number of nitrogens with zero attached hydrogens (tertiary/aromatic N) is 4. The van der Waals surface area contributed by atoms with E-state index in [1.807, 2.05) is 0 Å². The number of hydrogen-bond donors (Lipinski definition) is 2. The van der Waals surface area contributed by atoms with Gasteiger partial charge < -0.3 is 25.0 Å². The van der Waals surface area contributed by atoms with Crippen molar-refractivity contribution >= 4 is 23.4 Å². The van der Waals surface area contributed by atoms with Crippen LogP contribution in [-0.2, 0) is 14.3 Å². The molecule has 1 aromatic heterocycles. The lowest BCUT2D eigenvalue weighted by Crippen LogP contribution is -2.55. The van der Waals surface area contributed by atoms with Gasteiger partial charge in [0, 0.05) is 32.2 Å². The van der Waals surface area contributed by atoms with Gasteiger partial charge in [0.15, 0.2) is 0 Å². The molecule has 2 aromatic rings. The van der Waals surface area contributed by atoms with E-state index in [0.29, 0.717) is 11.3 Å². The van der Waals surface area contributed by atoms with Crippen LogP contribution in [-0.4, -0.2) is 82.5 Å². The number of amides is 3. The molecule has 158 valence electrons. The maximum Gasteiger partial charge on any atom is 0.275 e. The molecule has 2 heterocycles. The van der Waals surface area contributed by atoms with Crippen LogP contribution >= 0.6 is 0 Å². The third-order valence-corrected chi connectivity index (χ3v) is 4.74. The number of rotatable bonds is 6. The van der Waals surface area contributed by atoms with Crippen molar-refractivity contribution in [3.8, 4) is 0 Å². The summed E-state index contributed by atoms with van der Waals surface area (Å²) in [6.07, 6.45) is 3.67. The molecule has 1 aromatic carbocycles. The van der Waals surface area contributed by atoms with Crippen LogP contribution < -0.4 is 5.32 Å². The van der Waals surface area contributed by atoms with Crippen molar-refractivity contribution in [2.24, 2.45) is 0 Å². The fourth-order valence-electron chi connectivity index (χ4n) is 3.08. The Bertz CT molecular complexity index is 904. The van der Waals surface area contributed by atoms with Gasteiger partial charge in [0.25, 0.3) is 5.91 Å². The summed E-state index contributed by atoms with van der Waals surface area (Å²) in [7, 11) is 3.21. The minimum absolute atomic E-state index is 0.136. The molecule has 2 atom stereocenters. The van der Waals surface area contributed by atoms with Gasteiger partial charge in [0.2, 0.25) is 11.8 Å². The molecule has 0 aliphatic carbocycles. The summed E-state index contributed by atoms with van der Waals surface area (Å²) in [6.45, 7) is -0.682. The molecule has 1 fully saturated rings. The number of hydrogen-bond acceptors (Lipinski definition) is 7. The lowest BCUT2D eigenvalue weighted by atomic mass is 9.99. The predicted octanol–water partition coefficient (Wildman–Crippen LogP) is 0.0779. The van der Waals surface area contributed by atoms with Gasteiger partial charge >= 0.3 is 0 Å². The van der Waals surface area contributed by atoms with Gasteiger partial charge in [-0.2, -0.15) is 0 Å². The Morgan fingerprint density at radius 3 is 2.60 bits per heavy atom. The number of carbonyl (C=O) groups excluding carboxylic acids is 3. The summed E-state index contributed by atoms with van der Waals surface area (Å²) in [5.41, 5.74) is 1.44. The Morgan fingerprint density at radius 1 is 1.27 bits per heavy atom. The van der Waals surface area contributed by atoms with Crippen LogP contribution in [0.5, 0.6) is 0 Å². The van der Waals surface area contributed by atoms with Crippen molar-refractivity contribution in [1.82, 2.24) is 19.8 Å². The standard InChI is InChI=1S/C20H23N5O5/c1-24(2)17(27)10-25-16(11-26)19(30-12-18(25)28)13-3-5-14(6-4-13)23-20(29)15-9-21-7-8-22-15/h3-9,16,19,26H,10-12H2,1-2H3,(H,23,29)/t16-,19-/m1/s1. The zero-order chi connectivity index (χ0) is 21.7. The van der Waals surface area contributed by atoms with Crippen LogP contribution in [0.2, 0.25) is 0 Å². The predicted molar refractivity (Wildman–Crippen MR) is 106 cm³/mol. The normalized spacial score (nSPS) is 18.8. The number of ether oxygens (including phenoxy) is 1. The average Bonchev–Trinajstić information content (AvgIpc) is 2.76. The first-order valence-electron chi connectivity index (χ1n) is 9.30. The number of benzene rings is 1. The largest absolute Gasteiger partial charge is 0.394 e. The molecule has 0 spiro atoms. The highest BCUT2D eigenvalue weighted by atomic mass is 16.5. The number of morpholine rings is 1. The Labute approximate surface area is 173 Å². The van der Waals surface area contributed by atoms with Crippen LogP contribution in [0.1, 0.15) is 22.2 Å². The van der Waals surface area contributed by atoms with Crippen LogP contribution in [0, 0.1) is 0 Å². The zero-order valence-electron chi connectivity index (χ0n) is 16.7. The second kappa shape index (κ2) is 9.42. The highest BCUT2D eigenvalue weighted by Gasteiger charge is 2.38. The van der Waals surface area contributed by atoms with Crippen molar-refractivity contribution in [2.45, 2.75) is 12.1 Å². The molecule has 2 N–H and O–H groups in total. The van der Waals surface area contributed by atoms with E-state index in [-0.39, 0.29) is 37.3 Å². The Kier molecular flexibility index (Phi) is 6.70. The second-order valence-corrected chi connectivity index (χ2v) is 6.96. The summed E-state index contributed by atoms with van der Waals surface area (Å²) >= 11 is 0. The second-order valence-electron chi connectivity index (χ2n) is 6.96. The van der Waals surface area contributed by atoms with E-state index < -0.39 is 18.1 Å². The molecule has 1 aliphatic heterocycles. The SMILES string of the molecule is CN(C)C(=O)CN1C(=O)CO[C@H](c2ccc(NC(=O)c3cnccn3)cc2)[C@H]1CO. The minimum atomic E-state index is -0.699. The summed E-state index contributed by atoms with van der Waals surface area (Å²) in [4.78, 5) is 47.1. The van der Waals surface area contributed by atoms with Crippen molar-refractivity contribution in [3.05, 3.63) is 54.1 Å². The van der Waals surface area contributed by atoms with E-state index in [0.717, 1.165) is 0 Å². The fourth-order valence-corrected chi connectivity index (χ4v) is 3.08. The van der Waals surface area contributed by atoms with E-state index in [9.17, 15) is 19.5 Å². The highest BCUT2D eigenvalue weighted by molar-refractivity contribution is 6.02. The molecular formula is C20H23N5O5. The molecular weight excluding hydrogens is 390 g/mol. The van der Waals surface area contributed by atoms with Gasteiger partial charge in [-0.05, 0) is 17.7 Å². The van der Waals surface area contributed by atoms with Crippen LogP contribution in [0.15, 0.2) is 42.9 Å². The Balaban J connectivity index is 1.73. The molecule has 30 heavy (non-hydrogen) atoms. The summed E-state index contributed by atoms with van der Waals surface area (Å²) in [5, 5.41) is 12.6. The van der Waals surface area contributed by atoms with Gasteiger partial charge in [-0.15, -0.1) is 0 Å². The lowest BCUT2D eigenvalue weighted by molar-refractivity contribution is -0.164. The maximum absolute atomic E-state index is 12.3. The molecule has 1 aliphatic rings. The number of aliphatic hydroxyl groups is 1. The summed E-state index contributed by atoms with van der Waals surface area (Å²) < 4.78 is 5.66. The van der Waals surface area contributed by atoms with E-state index in [1.54, 1.807) is 38.4 Å². The zero-order valence-corrected chi connectivity index (χ0v) is 16.7. The maximum atomic E-state index is 12.3. The van der Waals surface area contributed by atoms with Crippen molar-refractivity contribution in [1.29, 1.82) is 0 Å². The van der Waals surface area contributed by atoms with E-state index in [4.69, 9.17) is 4.74 Å². The van der Waals surface area contributed by atoms with Crippen molar-refractivity contribution in [3.63, 3.8) is 0 Å². The Morgan fingerprint density at radius 2 is 2.00 bits per heavy atom. The van der Waals surface area contributed by atoms with Crippen LogP contribution in [0.4, 0.5) is 5.69 Å². The molecule has 3 amide bonds. The first-order chi connectivity index (χ1) is 14.4. The van der Waals surface area contributed by atoms with Gasteiger partial charge in [-0.3, -0.25) is 19.4 Å². The first-order valence-corrected chi connectivity index (χ1v) is 9.30. The van der Waals surface area contributed by atoms with Crippen LogP contribution in [0.3, 0.4) is 0 Å². The van der Waals surface area contributed by atoms with Crippen LogP contribution in [0.25, 0.3) is 0 Å². The van der Waals surface area contributed by atoms with Gasteiger partial charge in [0.05, 0.1) is 18.8 Å². The third kappa shape index (κ3) is 4.78. The summed E-state index contributed by atoms with van der Waals surface area (Å²) in [6, 6.07) is 6.15. The minimum Gasteiger partial charge on any atom is -0.394 e. The smallest absolute Gasteiger partial charge is 0.275 e. The molecule has 0 bridgehead atoms. The molecule has 0 radical (unpaired) electrons. The first kappa shape index (κ1) is 21.3. The van der Waals surface area contributed by atoms with E-state index in [2.05, 4.69) is 15.3 Å². The van der Waals surface area contributed by atoms with Gasteiger partial charge in [-0.1, -0.05) is 12.1 Å². The molecule has 1 saturated heterocycles. The number of anilines is 1. The lowest BCUT2D eigenvalue weighted by Gasteiger charge is -2.40.